The van der Waals surface area contributed by atoms with E-state index < -0.39 is 11.9 Å². The minimum Gasteiger partial charge on any atom is -0.481 e. The SMILES string of the molecule is CC(CC(=O)O)C(=O)NCCc1ccc(Cl)cc1. The zero-order valence-corrected chi connectivity index (χ0v) is 10.9. The molecular weight excluding hydrogens is 254 g/mol. The Kier molecular flexibility index (Phi) is 5.65. The smallest absolute Gasteiger partial charge is 0.304 e. The molecule has 1 aromatic rings. The van der Waals surface area contributed by atoms with Crippen LogP contribution in [0.1, 0.15) is 18.9 Å². The molecule has 0 saturated carbocycles. The molecule has 4 nitrogen and oxygen atoms in total. The lowest BCUT2D eigenvalue weighted by atomic mass is 10.1. The lowest BCUT2D eigenvalue weighted by molar-refractivity contribution is -0.140. The number of amides is 1. The zero-order chi connectivity index (χ0) is 13.5. The number of carbonyl (C=O) groups excluding carboxylic acids is 1. The largest absolute Gasteiger partial charge is 0.481 e. The highest BCUT2D eigenvalue weighted by molar-refractivity contribution is 6.30. The molecule has 0 aliphatic carbocycles. The van der Waals surface area contributed by atoms with Crippen LogP contribution < -0.4 is 5.32 Å². The molecule has 0 spiro atoms. The Morgan fingerprint density at radius 2 is 1.94 bits per heavy atom. The van der Waals surface area contributed by atoms with Crippen molar-refractivity contribution in [3.8, 4) is 0 Å². The molecule has 2 N–H and O–H groups in total. The predicted molar refractivity (Wildman–Crippen MR) is 69.6 cm³/mol. The minimum atomic E-state index is -0.963. The van der Waals surface area contributed by atoms with Gasteiger partial charge < -0.3 is 10.4 Å². The number of benzene rings is 1. The summed E-state index contributed by atoms with van der Waals surface area (Å²) in [6.07, 6.45) is 0.551. The molecular formula is C13H16ClNO3. The van der Waals surface area contributed by atoms with Gasteiger partial charge in [-0.25, -0.2) is 0 Å². The lowest BCUT2D eigenvalue weighted by Crippen LogP contribution is -2.31. The third-order valence-corrected chi connectivity index (χ3v) is 2.81. The molecule has 98 valence electrons. The number of carboxylic acids is 1. The maximum absolute atomic E-state index is 11.5. The van der Waals surface area contributed by atoms with Crippen LogP contribution in [-0.2, 0) is 16.0 Å². The number of hydrogen-bond acceptors (Lipinski definition) is 2. The van der Waals surface area contributed by atoms with Crippen molar-refractivity contribution in [3.05, 3.63) is 34.9 Å². The third kappa shape index (κ3) is 5.19. The molecule has 5 heteroatoms. The predicted octanol–water partition coefficient (Wildman–Crippen LogP) is 2.11. The molecule has 1 aromatic carbocycles. The van der Waals surface area contributed by atoms with E-state index in [0.717, 1.165) is 5.56 Å². The summed E-state index contributed by atoms with van der Waals surface area (Å²) in [5, 5.41) is 12.0. The van der Waals surface area contributed by atoms with E-state index in [1.807, 2.05) is 12.1 Å². The van der Waals surface area contributed by atoms with Crippen molar-refractivity contribution in [1.82, 2.24) is 5.32 Å². The standard InChI is InChI=1S/C13H16ClNO3/c1-9(8-12(16)17)13(18)15-7-6-10-2-4-11(14)5-3-10/h2-5,9H,6-8H2,1H3,(H,15,18)(H,16,17). The summed E-state index contributed by atoms with van der Waals surface area (Å²) in [6, 6.07) is 7.39. The Hall–Kier alpha value is -1.55. The highest BCUT2D eigenvalue weighted by Crippen LogP contribution is 2.09. The highest BCUT2D eigenvalue weighted by Gasteiger charge is 2.15. The molecule has 1 rings (SSSR count). The fourth-order valence-electron chi connectivity index (χ4n) is 1.51. The maximum Gasteiger partial charge on any atom is 0.304 e. The van der Waals surface area contributed by atoms with Crippen LogP contribution >= 0.6 is 11.6 Å². The van der Waals surface area contributed by atoms with Gasteiger partial charge in [0.2, 0.25) is 5.91 Å². The molecule has 0 radical (unpaired) electrons. The van der Waals surface area contributed by atoms with Gasteiger partial charge in [-0.15, -0.1) is 0 Å². The van der Waals surface area contributed by atoms with Crippen molar-refractivity contribution in [3.63, 3.8) is 0 Å². The number of nitrogens with one attached hydrogen (secondary N) is 1. The van der Waals surface area contributed by atoms with Gasteiger partial charge in [0.15, 0.2) is 0 Å². The average molecular weight is 270 g/mol. The fourth-order valence-corrected chi connectivity index (χ4v) is 1.64. The summed E-state index contributed by atoms with van der Waals surface area (Å²) in [7, 11) is 0. The van der Waals surface area contributed by atoms with Crippen LogP contribution in [0, 0.1) is 5.92 Å². The van der Waals surface area contributed by atoms with Crippen molar-refractivity contribution in [2.75, 3.05) is 6.54 Å². The van der Waals surface area contributed by atoms with Crippen LogP contribution in [0.15, 0.2) is 24.3 Å². The maximum atomic E-state index is 11.5. The van der Waals surface area contributed by atoms with E-state index in [9.17, 15) is 9.59 Å². The van der Waals surface area contributed by atoms with Gasteiger partial charge in [-0.3, -0.25) is 9.59 Å². The van der Waals surface area contributed by atoms with Crippen LogP contribution in [0.5, 0.6) is 0 Å². The third-order valence-electron chi connectivity index (χ3n) is 2.55. The van der Waals surface area contributed by atoms with Crippen LogP contribution in [0.2, 0.25) is 5.02 Å². The van der Waals surface area contributed by atoms with Gasteiger partial charge in [0.05, 0.1) is 6.42 Å². The van der Waals surface area contributed by atoms with Gasteiger partial charge >= 0.3 is 5.97 Å². The molecule has 18 heavy (non-hydrogen) atoms. The molecule has 0 fully saturated rings. The van der Waals surface area contributed by atoms with Gasteiger partial charge in [-0.1, -0.05) is 30.7 Å². The second kappa shape index (κ2) is 7.01. The van der Waals surface area contributed by atoms with E-state index in [1.54, 1.807) is 19.1 Å². The van der Waals surface area contributed by atoms with Crippen molar-refractivity contribution in [2.45, 2.75) is 19.8 Å². The second-order valence-electron chi connectivity index (χ2n) is 4.17. The summed E-state index contributed by atoms with van der Waals surface area (Å²) in [6.45, 7) is 2.09. The van der Waals surface area contributed by atoms with Crippen LogP contribution in [0.4, 0.5) is 0 Å². The first-order valence-corrected chi connectivity index (χ1v) is 6.11. The zero-order valence-electron chi connectivity index (χ0n) is 10.1. The number of aliphatic carboxylic acids is 1. The van der Waals surface area contributed by atoms with E-state index in [1.165, 1.54) is 0 Å². The quantitative estimate of drug-likeness (QED) is 0.831. The molecule has 1 amide bonds. The first-order valence-electron chi connectivity index (χ1n) is 5.73. The molecule has 0 saturated heterocycles. The van der Waals surface area contributed by atoms with Crippen molar-refractivity contribution >= 4 is 23.5 Å². The molecule has 1 atom stereocenters. The summed E-state index contributed by atoms with van der Waals surface area (Å²) in [4.78, 5) is 22.0. The summed E-state index contributed by atoms with van der Waals surface area (Å²) >= 11 is 5.76. The molecule has 1 unspecified atom stereocenters. The van der Waals surface area contributed by atoms with E-state index >= 15 is 0 Å². The molecule has 0 bridgehead atoms. The minimum absolute atomic E-state index is 0.146. The van der Waals surface area contributed by atoms with E-state index in [2.05, 4.69) is 5.32 Å². The number of hydrogen-bond donors (Lipinski definition) is 2. The van der Waals surface area contributed by atoms with E-state index in [0.29, 0.717) is 18.0 Å². The van der Waals surface area contributed by atoms with Gasteiger partial charge in [-0.2, -0.15) is 0 Å². The first kappa shape index (κ1) is 14.5. The second-order valence-corrected chi connectivity index (χ2v) is 4.60. The average Bonchev–Trinajstić information content (AvgIpc) is 2.30. The summed E-state index contributed by atoms with van der Waals surface area (Å²) in [5.74, 6) is -1.70. The Balaban J connectivity index is 2.31. The Morgan fingerprint density at radius 3 is 2.50 bits per heavy atom. The van der Waals surface area contributed by atoms with Gasteiger partial charge in [0, 0.05) is 17.5 Å². The van der Waals surface area contributed by atoms with E-state index in [-0.39, 0.29) is 12.3 Å². The molecule has 0 aromatic heterocycles. The monoisotopic (exact) mass is 269 g/mol. The topological polar surface area (TPSA) is 66.4 Å². The van der Waals surface area contributed by atoms with E-state index in [4.69, 9.17) is 16.7 Å². The fraction of sp³-hybridized carbons (Fsp3) is 0.385. The number of rotatable bonds is 6. The highest BCUT2D eigenvalue weighted by atomic mass is 35.5. The van der Waals surface area contributed by atoms with Gasteiger partial charge in [0.1, 0.15) is 0 Å². The number of carbonyl (C=O) groups is 2. The van der Waals surface area contributed by atoms with Crippen LogP contribution in [0.25, 0.3) is 0 Å². The number of halogens is 1. The number of carboxylic acid groups (broad SMARTS) is 1. The Labute approximate surface area is 111 Å². The lowest BCUT2D eigenvalue weighted by Gasteiger charge is -2.10. The molecule has 0 aliphatic rings. The molecule has 0 aliphatic heterocycles. The van der Waals surface area contributed by atoms with Crippen LogP contribution in [0.3, 0.4) is 0 Å². The summed E-state index contributed by atoms with van der Waals surface area (Å²) < 4.78 is 0. The van der Waals surface area contributed by atoms with Crippen molar-refractivity contribution in [2.24, 2.45) is 5.92 Å². The first-order chi connectivity index (χ1) is 8.49. The Morgan fingerprint density at radius 1 is 1.33 bits per heavy atom. The van der Waals surface area contributed by atoms with Gasteiger partial charge in [-0.05, 0) is 24.1 Å². The normalized spacial score (nSPS) is 11.9. The van der Waals surface area contributed by atoms with Gasteiger partial charge in [0.25, 0.3) is 0 Å². The Bertz CT molecular complexity index is 417. The summed E-state index contributed by atoms with van der Waals surface area (Å²) in [5.41, 5.74) is 1.07. The molecule has 0 heterocycles. The van der Waals surface area contributed by atoms with Crippen molar-refractivity contribution < 1.29 is 14.7 Å². The van der Waals surface area contributed by atoms with Crippen molar-refractivity contribution in [1.29, 1.82) is 0 Å². The van der Waals surface area contributed by atoms with Crippen LogP contribution in [-0.4, -0.2) is 23.5 Å².